The fourth-order valence-electron chi connectivity index (χ4n) is 1.53. The van der Waals surface area contributed by atoms with Crippen molar-refractivity contribution in [1.82, 2.24) is 10.9 Å². The van der Waals surface area contributed by atoms with Gasteiger partial charge in [0, 0.05) is 5.56 Å². The van der Waals surface area contributed by atoms with E-state index in [2.05, 4.69) is 10.9 Å². The standard InChI is InChI=1S/C14H9Cl2FN2O2/c15-11-3-1-2-10(12(11)16)14(21)19-18-13(20)8-4-6-9(17)7-5-8/h1-7H,(H,18,20)(H,19,21). The zero-order valence-corrected chi connectivity index (χ0v) is 12.0. The molecule has 0 spiro atoms. The summed E-state index contributed by atoms with van der Waals surface area (Å²) in [5.41, 5.74) is 4.74. The lowest BCUT2D eigenvalue weighted by Gasteiger charge is -2.09. The van der Waals surface area contributed by atoms with E-state index < -0.39 is 17.6 Å². The number of hydrogen-bond donors (Lipinski definition) is 2. The Kier molecular flexibility index (Phi) is 4.77. The first-order valence-electron chi connectivity index (χ1n) is 5.79. The van der Waals surface area contributed by atoms with Gasteiger partial charge in [-0.05, 0) is 36.4 Å². The van der Waals surface area contributed by atoms with Crippen molar-refractivity contribution in [2.24, 2.45) is 0 Å². The Balaban J connectivity index is 2.02. The molecular weight excluding hydrogens is 318 g/mol. The largest absolute Gasteiger partial charge is 0.271 e. The molecule has 2 aromatic rings. The number of hydrogen-bond acceptors (Lipinski definition) is 2. The summed E-state index contributed by atoms with van der Waals surface area (Å²) >= 11 is 11.7. The van der Waals surface area contributed by atoms with Crippen molar-refractivity contribution in [1.29, 1.82) is 0 Å². The number of carbonyl (C=O) groups is 2. The van der Waals surface area contributed by atoms with Crippen LogP contribution in [0.4, 0.5) is 4.39 Å². The summed E-state index contributed by atoms with van der Waals surface area (Å²) in [6.07, 6.45) is 0. The molecule has 0 aliphatic heterocycles. The molecule has 0 radical (unpaired) electrons. The highest BCUT2D eigenvalue weighted by molar-refractivity contribution is 6.43. The SMILES string of the molecule is O=C(NNC(=O)c1cccc(Cl)c1Cl)c1ccc(F)cc1. The molecule has 2 N–H and O–H groups in total. The van der Waals surface area contributed by atoms with E-state index in [1.165, 1.54) is 24.3 Å². The Bertz CT molecular complexity index is 690. The molecule has 0 saturated heterocycles. The van der Waals surface area contributed by atoms with Crippen LogP contribution in [-0.2, 0) is 0 Å². The van der Waals surface area contributed by atoms with Gasteiger partial charge in [-0.2, -0.15) is 0 Å². The summed E-state index contributed by atoms with van der Waals surface area (Å²) in [5, 5.41) is 0.321. The average Bonchev–Trinajstić information content (AvgIpc) is 2.48. The van der Waals surface area contributed by atoms with Crippen LogP contribution >= 0.6 is 23.2 Å². The fourth-order valence-corrected chi connectivity index (χ4v) is 1.92. The smallest absolute Gasteiger partial charge is 0.267 e. The zero-order chi connectivity index (χ0) is 15.4. The Morgan fingerprint density at radius 1 is 0.905 bits per heavy atom. The molecule has 2 rings (SSSR count). The Hall–Kier alpha value is -2.11. The first-order valence-corrected chi connectivity index (χ1v) is 6.55. The summed E-state index contributed by atoms with van der Waals surface area (Å²) in [7, 11) is 0. The molecule has 4 nitrogen and oxygen atoms in total. The molecule has 2 aromatic carbocycles. The third kappa shape index (κ3) is 3.71. The molecule has 21 heavy (non-hydrogen) atoms. The molecule has 0 saturated carbocycles. The fraction of sp³-hybridized carbons (Fsp3) is 0. The molecule has 7 heteroatoms. The average molecular weight is 327 g/mol. The first-order chi connectivity index (χ1) is 9.99. The van der Waals surface area contributed by atoms with E-state index in [1.807, 2.05) is 0 Å². The van der Waals surface area contributed by atoms with E-state index in [1.54, 1.807) is 6.07 Å². The van der Waals surface area contributed by atoms with Crippen molar-refractivity contribution < 1.29 is 14.0 Å². The van der Waals surface area contributed by atoms with Gasteiger partial charge in [0.15, 0.2) is 0 Å². The maximum Gasteiger partial charge on any atom is 0.271 e. The maximum atomic E-state index is 12.7. The van der Waals surface area contributed by atoms with Crippen LogP contribution in [0.2, 0.25) is 10.0 Å². The summed E-state index contributed by atoms with van der Waals surface area (Å²) in [6, 6.07) is 9.44. The van der Waals surface area contributed by atoms with Gasteiger partial charge in [0.2, 0.25) is 0 Å². The number of halogens is 3. The quantitative estimate of drug-likeness (QED) is 0.832. The number of hydrazine groups is 1. The van der Waals surface area contributed by atoms with E-state index in [0.717, 1.165) is 12.1 Å². The Labute approximate surface area is 129 Å². The first kappa shape index (κ1) is 15.3. The Morgan fingerprint density at radius 3 is 2.19 bits per heavy atom. The van der Waals surface area contributed by atoms with Crippen LogP contribution in [0.25, 0.3) is 0 Å². The molecule has 2 amide bonds. The van der Waals surface area contributed by atoms with E-state index in [4.69, 9.17) is 23.2 Å². The molecule has 0 aromatic heterocycles. The number of carbonyl (C=O) groups excluding carboxylic acids is 2. The van der Waals surface area contributed by atoms with Crippen molar-refractivity contribution in [3.8, 4) is 0 Å². The molecule has 0 unspecified atom stereocenters. The van der Waals surface area contributed by atoms with Crippen molar-refractivity contribution in [3.63, 3.8) is 0 Å². The summed E-state index contributed by atoms with van der Waals surface area (Å²) in [4.78, 5) is 23.6. The van der Waals surface area contributed by atoms with Crippen LogP contribution in [0.5, 0.6) is 0 Å². The number of rotatable bonds is 2. The minimum atomic E-state index is -0.613. The second kappa shape index (κ2) is 6.56. The molecule has 0 atom stereocenters. The van der Waals surface area contributed by atoms with Gasteiger partial charge < -0.3 is 0 Å². The predicted molar refractivity (Wildman–Crippen MR) is 77.8 cm³/mol. The second-order valence-electron chi connectivity index (χ2n) is 4.02. The minimum Gasteiger partial charge on any atom is -0.267 e. The lowest BCUT2D eigenvalue weighted by atomic mass is 10.2. The highest BCUT2D eigenvalue weighted by Gasteiger charge is 2.13. The van der Waals surface area contributed by atoms with Gasteiger partial charge in [-0.3, -0.25) is 20.4 Å². The van der Waals surface area contributed by atoms with Gasteiger partial charge in [-0.15, -0.1) is 0 Å². The van der Waals surface area contributed by atoms with Crippen LogP contribution in [0.3, 0.4) is 0 Å². The van der Waals surface area contributed by atoms with Gasteiger partial charge >= 0.3 is 0 Å². The van der Waals surface area contributed by atoms with Crippen LogP contribution in [-0.4, -0.2) is 11.8 Å². The number of benzene rings is 2. The van der Waals surface area contributed by atoms with Crippen molar-refractivity contribution in [2.75, 3.05) is 0 Å². The van der Waals surface area contributed by atoms with Gasteiger partial charge in [0.25, 0.3) is 11.8 Å². The lowest BCUT2D eigenvalue weighted by Crippen LogP contribution is -2.41. The molecule has 0 heterocycles. The maximum absolute atomic E-state index is 12.7. The topological polar surface area (TPSA) is 58.2 Å². The predicted octanol–water partition coefficient (Wildman–Crippen LogP) is 3.21. The normalized spacial score (nSPS) is 10.0. The molecule has 0 aliphatic carbocycles. The van der Waals surface area contributed by atoms with Crippen LogP contribution in [0.1, 0.15) is 20.7 Å². The molecule has 0 aliphatic rings. The third-order valence-corrected chi connectivity index (χ3v) is 3.41. The molecule has 0 bridgehead atoms. The minimum absolute atomic E-state index is 0.0905. The van der Waals surface area contributed by atoms with Crippen LogP contribution in [0, 0.1) is 5.82 Å². The summed E-state index contributed by atoms with van der Waals surface area (Å²) < 4.78 is 12.7. The number of amides is 2. The van der Waals surface area contributed by atoms with Crippen molar-refractivity contribution >= 4 is 35.0 Å². The monoisotopic (exact) mass is 326 g/mol. The molecule has 108 valence electrons. The third-order valence-electron chi connectivity index (χ3n) is 2.59. The molecular formula is C14H9Cl2FN2O2. The van der Waals surface area contributed by atoms with Crippen LogP contribution < -0.4 is 10.9 Å². The van der Waals surface area contributed by atoms with E-state index in [9.17, 15) is 14.0 Å². The Morgan fingerprint density at radius 2 is 1.52 bits per heavy atom. The van der Waals surface area contributed by atoms with E-state index in [-0.39, 0.29) is 21.2 Å². The summed E-state index contributed by atoms with van der Waals surface area (Å²) in [5.74, 6) is -1.65. The highest BCUT2D eigenvalue weighted by Crippen LogP contribution is 2.25. The molecule has 0 fully saturated rings. The summed E-state index contributed by atoms with van der Waals surface area (Å²) in [6.45, 7) is 0. The van der Waals surface area contributed by atoms with Crippen LogP contribution in [0.15, 0.2) is 42.5 Å². The van der Waals surface area contributed by atoms with Gasteiger partial charge in [0.1, 0.15) is 5.82 Å². The second-order valence-corrected chi connectivity index (χ2v) is 4.80. The van der Waals surface area contributed by atoms with Crippen molar-refractivity contribution in [2.45, 2.75) is 0 Å². The number of nitrogens with one attached hydrogen (secondary N) is 2. The lowest BCUT2D eigenvalue weighted by molar-refractivity contribution is 0.0846. The zero-order valence-electron chi connectivity index (χ0n) is 10.5. The highest BCUT2D eigenvalue weighted by atomic mass is 35.5. The van der Waals surface area contributed by atoms with Crippen molar-refractivity contribution in [3.05, 3.63) is 69.5 Å². The van der Waals surface area contributed by atoms with E-state index in [0.29, 0.717) is 0 Å². The van der Waals surface area contributed by atoms with E-state index >= 15 is 0 Å². The van der Waals surface area contributed by atoms with Gasteiger partial charge in [-0.25, -0.2) is 4.39 Å². The van der Waals surface area contributed by atoms with Gasteiger partial charge in [0.05, 0.1) is 15.6 Å². The van der Waals surface area contributed by atoms with Gasteiger partial charge in [-0.1, -0.05) is 29.3 Å².